The van der Waals surface area contributed by atoms with Crippen molar-refractivity contribution in [1.82, 2.24) is 10.4 Å². The molecule has 22 heavy (non-hydrogen) atoms. The highest BCUT2D eigenvalue weighted by atomic mass is 32.2. The third-order valence-electron chi connectivity index (χ3n) is 3.60. The summed E-state index contributed by atoms with van der Waals surface area (Å²) in [5.74, 6) is -0.431. The Kier molecular flexibility index (Phi) is 5.82. The average Bonchev–Trinajstić information content (AvgIpc) is 2.50. The number of nitrogens with one attached hydrogen (secondary N) is 1. The Labute approximate surface area is 133 Å². The van der Waals surface area contributed by atoms with E-state index in [1.54, 1.807) is 0 Å². The first-order valence-electron chi connectivity index (χ1n) is 7.06. The lowest BCUT2D eigenvalue weighted by Crippen LogP contribution is -2.58. The molecule has 0 aliphatic carbocycles. The number of hydrogen-bond acceptors (Lipinski definition) is 4. The molecular weight excluding hydrogens is 304 g/mol. The van der Waals surface area contributed by atoms with E-state index in [1.807, 2.05) is 37.3 Å². The largest absolute Gasteiger partial charge is 0.615 e. The lowest BCUT2D eigenvalue weighted by atomic mass is 10.0. The van der Waals surface area contributed by atoms with Gasteiger partial charge in [0.05, 0.1) is 19.3 Å². The van der Waals surface area contributed by atoms with Gasteiger partial charge in [0.2, 0.25) is 5.91 Å². The molecule has 1 saturated heterocycles. The molecule has 120 valence electrons. The van der Waals surface area contributed by atoms with Gasteiger partial charge in [0, 0.05) is 5.92 Å². The fraction of sp³-hybridized carbons (Fsp3) is 0.467. The van der Waals surface area contributed by atoms with Gasteiger partial charge in [-0.2, -0.15) is 0 Å². The minimum absolute atomic E-state index is 0.122. The van der Waals surface area contributed by atoms with Crippen LogP contribution in [0.4, 0.5) is 0 Å². The number of amides is 2. The summed E-state index contributed by atoms with van der Waals surface area (Å²) in [5, 5.41) is -0.360. The fourth-order valence-corrected chi connectivity index (χ4v) is 3.15. The van der Waals surface area contributed by atoms with E-state index in [0.29, 0.717) is 6.61 Å². The number of β-lactam (4-membered cyclic amide) rings is 1. The Morgan fingerprint density at radius 1 is 1.50 bits per heavy atom. The summed E-state index contributed by atoms with van der Waals surface area (Å²) in [6.07, 6.45) is 1.77. The van der Waals surface area contributed by atoms with E-state index in [1.165, 1.54) is 11.2 Å². The molecule has 0 bridgehead atoms. The molecule has 1 aliphatic rings. The van der Waals surface area contributed by atoms with Gasteiger partial charge in [-0.3, -0.25) is 19.3 Å². The maximum Gasteiger partial charge on any atom is 0.263 e. The van der Waals surface area contributed by atoms with Crippen LogP contribution in [-0.4, -0.2) is 46.0 Å². The highest BCUT2D eigenvalue weighted by Crippen LogP contribution is 2.23. The normalized spacial score (nSPS) is 20.2. The Morgan fingerprint density at radius 2 is 2.18 bits per heavy atom. The molecule has 1 aromatic carbocycles. The second-order valence-electron chi connectivity index (χ2n) is 5.33. The maximum atomic E-state index is 11.7. The minimum Gasteiger partial charge on any atom is -0.615 e. The summed E-state index contributed by atoms with van der Waals surface area (Å²) in [6, 6.07) is 9.83. The summed E-state index contributed by atoms with van der Waals surface area (Å²) in [6.45, 7) is 2.21. The van der Waals surface area contributed by atoms with Crippen LogP contribution in [0.25, 0.3) is 0 Å². The van der Waals surface area contributed by atoms with Crippen molar-refractivity contribution in [2.45, 2.75) is 24.6 Å². The number of likely N-dealkylation sites (tertiary alicyclic amines) is 1. The number of carbonyl (C=O) groups is 2. The monoisotopic (exact) mass is 324 g/mol. The lowest BCUT2D eigenvalue weighted by molar-refractivity contribution is -0.149. The zero-order valence-electron chi connectivity index (χ0n) is 12.7. The topological polar surface area (TPSA) is 81.7 Å². The Morgan fingerprint density at radius 3 is 2.77 bits per heavy atom. The van der Waals surface area contributed by atoms with Crippen molar-refractivity contribution in [1.29, 1.82) is 0 Å². The van der Waals surface area contributed by atoms with E-state index in [-0.39, 0.29) is 30.2 Å². The molecule has 0 radical (unpaired) electrons. The standard InChI is InChI=1S/C15H20N2O4S/c1-11(12-6-4-3-5-7-12)10-21-16-13(18)9-17-14(19)8-15(17)22(2)20/h3-7,11,15H,8-10H2,1-2H3,(H,16,18). The molecule has 1 N–H and O–H groups in total. The zero-order valence-corrected chi connectivity index (χ0v) is 13.5. The highest BCUT2D eigenvalue weighted by molar-refractivity contribution is 7.91. The van der Waals surface area contributed by atoms with Crippen molar-refractivity contribution in [2.24, 2.45) is 0 Å². The van der Waals surface area contributed by atoms with E-state index in [4.69, 9.17) is 4.84 Å². The van der Waals surface area contributed by atoms with Gasteiger partial charge in [-0.1, -0.05) is 37.3 Å². The summed E-state index contributed by atoms with van der Waals surface area (Å²) >= 11 is -1.14. The predicted molar refractivity (Wildman–Crippen MR) is 83.1 cm³/mol. The fourth-order valence-electron chi connectivity index (χ4n) is 2.22. The Balaban J connectivity index is 1.71. The van der Waals surface area contributed by atoms with E-state index >= 15 is 0 Å². The van der Waals surface area contributed by atoms with Crippen LogP contribution in [0.5, 0.6) is 0 Å². The van der Waals surface area contributed by atoms with Crippen LogP contribution in [0.3, 0.4) is 0 Å². The van der Waals surface area contributed by atoms with E-state index in [2.05, 4.69) is 5.48 Å². The number of benzene rings is 1. The molecule has 1 heterocycles. The minimum atomic E-state index is -1.14. The van der Waals surface area contributed by atoms with Crippen LogP contribution in [0.1, 0.15) is 24.8 Å². The van der Waals surface area contributed by atoms with Gasteiger partial charge < -0.3 is 4.55 Å². The Hall–Kier alpha value is -1.57. The van der Waals surface area contributed by atoms with Crippen LogP contribution >= 0.6 is 0 Å². The van der Waals surface area contributed by atoms with Crippen molar-refractivity contribution in [3.8, 4) is 0 Å². The first-order valence-corrected chi connectivity index (χ1v) is 8.68. The van der Waals surface area contributed by atoms with Gasteiger partial charge in [0.15, 0.2) is 5.37 Å². The van der Waals surface area contributed by atoms with Crippen LogP contribution in [0.15, 0.2) is 30.3 Å². The molecule has 0 aromatic heterocycles. The summed E-state index contributed by atoms with van der Waals surface area (Å²) in [5.41, 5.74) is 3.45. The van der Waals surface area contributed by atoms with Crippen molar-refractivity contribution >= 4 is 23.0 Å². The van der Waals surface area contributed by atoms with Crippen molar-refractivity contribution in [3.63, 3.8) is 0 Å². The van der Waals surface area contributed by atoms with Crippen molar-refractivity contribution in [2.75, 3.05) is 19.4 Å². The van der Waals surface area contributed by atoms with Gasteiger partial charge >= 0.3 is 0 Å². The van der Waals surface area contributed by atoms with Crippen molar-refractivity contribution in [3.05, 3.63) is 35.9 Å². The molecule has 1 aliphatic heterocycles. The number of nitrogens with zero attached hydrogens (tertiary/aromatic N) is 1. The SMILES string of the molecule is CC(CONC(=O)CN1C(=O)CC1[S+](C)[O-])c1ccccc1. The van der Waals surface area contributed by atoms with Gasteiger partial charge in [-0.05, 0) is 16.7 Å². The van der Waals surface area contributed by atoms with Crippen LogP contribution < -0.4 is 5.48 Å². The first kappa shape index (κ1) is 16.8. The van der Waals surface area contributed by atoms with Crippen LogP contribution in [-0.2, 0) is 25.6 Å². The van der Waals surface area contributed by atoms with E-state index < -0.39 is 17.1 Å². The summed E-state index contributed by atoms with van der Waals surface area (Å²) in [4.78, 5) is 29.7. The number of carbonyl (C=O) groups excluding carboxylic acids is 2. The zero-order chi connectivity index (χ0) is 16.1. The number of hydroxylamine groups is 1. The quantitative estimate of drug-likeness (QED) is 0.456. The van der Waals surface area contributed by atoms with Crippen molar-refractivity contribution < 1.29 is 19.0 Å². The third-order valence-corrected chi connectivity index (χ3v) is 4.79. The summed E-state index contributed by atoms with van der Waals surface area (Å²) in [7, 11) is 0. The molecule has 2 amide bonds. The molecule has 0 spiro atoms. The summed E-state index contributed by atoms with van der Waals surface area (Å²) < 4.78 is 11.4. The molecule has 1 aromatic rings. The maximum absolute atomic E-state index is 11.7. The molecule has 3 atom stereocenters. The van der Waals surface area contributed by atoms with Gasteiger partial charge in [0.25, 0.3) is 5.91 Å². The van der Waals surface area contributed by atoms with E-state index in [9.17, 15) is 14.1 Å². The second kappa shape index (κ2) is 7.62. The highest BCUT2D eigenvalue weighted by Gasteiger charge is 2.43. The third kappa shape index (κ3) is 4.22. The van der Waals surface area contributed by atoms with Gasteiger partial charge in [-0.15, -0.1) is 0 Å². The molecule has 2 rings (SSSR count). The molecule has 7 heteroatoms. The molecule has 0 saturated carbocycles. The molecule has 3 unspecified atom stereocenters. The first-order chi connectivity index (χ1) is 10.5. The van der Waals surface area contributed by atoms with Gasteiger partial charge in [-0.25, -0.2) is 5.48 Å². The number of hydrogen-bond donors (Lipinski definition) is 1. The molecule has 6 nitrogen and oxygen atoms in total. The smallest absolute Gasteiger partial charge is 0.263 e. The predicted octanol–water partition coefficient (Wildman–Crippen LogP) is 0.775. The van der Waals surface area contributed by atoms with E-state index in [0.717, 1.165) is 5.56 Å². The lowest BCUT2D eigenvalue weighted by Gasteiger charge is -2.38. The molecular formula is C15H20N2O4S. The van der Waals surface area contributed by atoms with Gasteiger partial charge in [0.1, 0.15) is 6.54 Å². The van der Waals surface area contributed by atoms with Crippen LogP contribution in [0.2, 0.25) is 0 Å². The number of rotatable bonds is 7. The van der Waals surface area contributed by atoms with Crippen LogP contribution in [0, 0.1) is 0 Å². The Bertz CT molecular complexity index is 524. The second-order valence-corrected chi connectivity index (χ2v) is 6.87. The average molecular weight is 324 g/mol. The molecule has 1 fully saturated rings.